The lowest BCUT2D eigenvalue weighted by atomic mass is 10.4. The van der Waals surface area contributed by atoms with E-state index in [4.69, 9.17) is 0 Å². The molecule has 1 heterocycles. The molecule has 0 fully saturated rings. The number of tetrazole rings is 1. The quantitative estimate of drug-likeness (QED) is 0.757. The maximum atomic E-state index is 3.99. The minimum Gasteiger partial charge on any atom is -0.313 e. The summed E-state index contributed by atoms with van der Waals surface area (Å²) in [6.45, 7) is 5.01. The molecule has 14 heavy (non-hydrogen) atoms. The topological polar surface area (TPSA) is 55.6 Å². The molecule has 0 saturated heterocycles. The minimum atomic E-state index is 0.360. The van der Waals surface area contributed by atoms with Crippen molar-refractivity contribution in [2.24, 2.45) is 0 Å². The molecule has 0 aliphatic heterocycles. The van der Waals surface area contributed by atoms with E-state index in [2.05, 4.69) is 34.7 Å². The highest BCUT2D eigenvalue weighted by Crippen LogP contribution is 2.13. The third-order valence-electron chi connectivity index (χ3n) is 1.88. The SMILES string of the molecule is CCSCC(C)n1nnnc1CNC. The van der Waals surface area contributed by atoms with Crippen LogP contribution >= 0.6 is 11.8 Å². The first-order valence-electron chi connectivity index (χ1n) is 4.78. The highest BCUT2D eigenvalue weighted by Gasteiger charge is 2.11. The maximum Gasteiger partial charge on any atom is 0.165 e. The molecule has 6 heteroatoms. The van der Waals surface area contributed by atoms with Gasteiger partial charge in [0, 0.05) is 5.75 Å². The summed E-state index contributed by atoms with van der Waals surface area (Å²) in [5, 5.41) is 14.7. The monoisotopic (exact) mass is 215 g/mol. The van der Waals surface area contributed by atoms with Crippen molar-refractivity contribution in [1.29, 1.82) is 0 Å². The van der Waals surface area contributed by atoms with E-state index in [-0.39, 0.29) is 0 Å². The number of hydrogen-bond donors (Lipinski definition) is 1. The Bertz CT molecular complexity index is 262. The normalized spacial score (nSPS) is 13.1. The molecule has 1 rings (SSSR count). The maximum absolute atomic E-state index is 3.99. The average molecular weight is 215 g/mol. The van der Waals surface area contributed by atoms with E-state index in [0.29, 0.717) is 12.6 Å². The predicted molar refractivity (Wildman–Crippen MR) is 58.3 cm³/mol. The molecule has 0 radical (unpaired) electrons. The summed E-state index contributed by atoms with van der Waals surface area (Å²) in [6, 6.07) is 0.360. The number of aromatic nitrogens is 4. The Morgan fingerprint density at radius 3 is 3.00 bits per heavy atom. The molecule has 0 spiro atoms. The van der Waals surface area contributed by atoms with Gasteiger partial charge in [-0.2, -0.15) is 11.8 Å². The van der Waals surface area contributed by atoms with Crippen LogP contribution in [0, 0.1) is 0 Å². The minimum absolute atomic E-state index is 0.360. The zero-order valence-corrected chi connectivity index (χ0v) is 9.71. The van der Waals surface area contributed by atoms with Crippen molar-refractivity contribution in [3.05, 3.63) is 5.82 Å². The zero-order valence-electron chi connectivity index (χ0n) is 8.90. The first kappa shape index (κ1) is 11.5. The molecule has 1 aromatic rings. The van der Waals surface area contributed by atoms with Crippen LogP contribution in [0.15, 0.2) is 0 Å². The largest absolute Gasteiger partial charge is 0.313 e. The van der Waals surface area contributed by atoms with Crippen molar-refractivity contribution >= 4 is 11.8 Å². The van der Waals surface area contributed by atoms with Crippen LogP contribution in [0.5, 0.6) is 0 Å². The third kappa shape index (κ3) is 2.95. The van der Waals surface area contributed by atoms with Gasteiger partial charge in [0.1, 0.15) is 0 Å². The summed E-state index contributed by atoms with van der Waals surface area (Å²) in [4.78, 5) is 0. The van der Waals surface area contributed by atoms with Crippen LogP contribution in [-0.2, 0) is 6.54 Å². The molecule has 0 saturated carbocycles. The molecular formula is C8H17N5S. The molecule has 1 unspecified atom stereocenters. The second-order valence-electron chi connectivity index (χ2n) is 3.08. The van der Waals surface area contributed by atoms with Gasteiger partial charge in [-0.25, -0.2) is 4.68 Å². The van der Waals surface area contributed by atoms with Gasteiger partial charge < -0.3 is 5.32 Å². The third-order valence-corrected chi connectivity index (χ3v) is 3.00. The van der Waals surface area contributed by atoms with Crippen molar-refractivity contribution in [3.63, 3.8) is 0 Å². The number of nitrogens with zero attached hydrogens (tertiary/aromatic N) is 4. The highest BCUT2D eigenvalue weighted by atomic mass is 32.2. The number of rotatable bonds is 6. The summed E-state index contributed by atoms with van der Waals surface area (Å²) in [5.41, 5.74) is 0. The molecular weight excluding hydrogens is 198 g/mol. The van der Waals surface area contributed by atoms with E-state index in [1.807, 2.05) is 23.5 Å². The lowest BCUT2D eigenvalue weighted by Crippen LogP contribution is -2.17. The van der Waals surface area contributed by atoms with Gasteiger partial charge >= 0.3 is 0 Å². The van der Waals surface area contributed by atoms with Gasteiger partial charge in [0.05, 0.1) is 12.6 Å². The summed E-state index contributed by atoms with van der Waals surface area (Å²) < 4.78 is 1.89. The van der Waals surface area contributed by atoms with Crippen LogP contribution in [0.1, 0.15) is 25.7 Å². The van der Waals surface area contributed by atoms with E-state index in [1.165, 1.54) is 0 Å². The summed E-state index contributed by atoms with van der Waals surface area (Å²) in [5.74, 6) is 3.09. The van der Waals surface area contributed by atoms with Crippen LogP contribution in [0.3, 0.4) is 0 Å². The molecule has 80 valence electrons. The van der Waals surface area contributed by atoms with Crippen molar-refractivity contribution < 1.29 is 0 Å². The van der Waals surface area contributed by atoms with Gasteiger partial charge in [0.25, 0.3) is 0 Å². The first-order chi connectivity index (χ1) is 6.79. The van der Waals surface area contributed by atoms with Gasteiger partial charge in [-0.3, -0.25) is 0 Å². The molecule has 0 aliphatic carbocycles. The van der Waals surface area contributed by atoms with Gasteiger partial charge in [0.15, 0.2) is 5.82 Å². The Morgan fingerprint density at radius 1 is 1.57 bits per heavy atom. The molecule has 5 nitrogen and oxygen atoms in total. The van der Waals surface area contributed by atoms with Crippen LogP contribution in [-0.4, -0.2) is 38.8 Å². The van der Waals surface area contributed by atoms with Crippen LogP contribution in [0.4, 0.5) is 0 Å². The fourth-order valence-electron chi connectivity index (χ4n) is 1.19. The van der Waals surface area contributed by atoms with E-state index in [9.17, 15) is 0 Å². The average Bonchev–Trinajstić information content (AvgIpc) is 2.63. The molecule has 1 atom stereocenters. The molecule has 0 aromatic carbocycles. The number of hydrogen-bond acceptors (Lipinski definition) is 5. The van der Waals surface area contributed by atoms with Gasteiger partial charge in [0.2, 0.25) is 0 Å². The van der Waals surface area contributed by atoms with E-state index in [0.717, 1.165) is 17.3 Å². The van der Waals surface area contributed by atoms with Crippen LogP contribution in [0.2, 0.25) is 0 Å². The van der Waals surface area contributed by atoms with E-state index < -0.39 is 0 Å². The fourth-order valence-corrected chi connectivity index (χ4v) is 1.91. The standard InChI is InChI=1S/C8H17N5S/c1-4-14-6-7(2)13-8(5-9-3)10-11-12-13/h7,9H,4-6H2,1-3H3. The second-order valence-corrected chi connectivity index (χ2v) is 4.40. The first-order valence-corrected chi connectivity index (χ1v) is 5.94. The van der Waals surface area contributed by atoms with Crippen molar-refractivity contribution in [1.82, 2.24) is 25.5 Å². The number of nitrogens with one attached hydrogen (secondary N) is 1. The van der Waals surface area contributed by atoms with E-state index >= 15 is 0 Å². The van der Waals surface area contributed by atoms with Crippen molar-refractivity contribution in [2.45, 2.75) is 26.4 Å². The second kappa shape index (κ2) is 5.98. The lowest BCUT2D eigenvalue weighted by Gasteiger charge is -2.12. The van der Waals surface area contributed by atoms with Crippen LogP contribution < -0.4 is 5.32 Å². The Hall–Kier alpha value is -0.620. The summed E-state index contributed by atoms with van der Waals surface area (Å²) in [6.07, 6.45) is 0. The Morgan fingerprint density at radius 2 is 2.36 bits per heavy atom. The van der Waals surface area contributed by atoms with Crippen molar-refractivity contribution in [2.75, 3.05) is 18.6 Å². The highest BCUT2D eigenvalue weighted by molar-refractivity contribution is 7.99. The van der Waals surface area contributed by atoms with Crippen LogP contribution in [0.25, 0.3) is 0 Å². The molecule has 0 amide bonds. The van der Waals surface area contributed by atoms with Gasteiger partial charge in [-0.05, 0) is 30.2 Å². The smallest absolute Gasteiger partial charge is 0.165 e. The molecule has 0 aliphatic rings. The predicted octanol–water partition coefficient (Wildman–Crippen LogP) is 0.707. The molecule has 1 N–H and O–H groups in total. The molecule has 0 bridgehead atoms. The summed E-state index contributed by atoms with van der Waals surface area (Å²) >= 11 is 1.90. The fraction of sp³-hybridized carbons (Fsp3) is 0.875. The Labute approximate surface area is 88.6 Å². The Kier molecular flexibility index (Phi) is 4.89. The lowest BCUT2D eigenvalue weighted by molar-refractivity contribution is 0.493. The Balaban J connectivity index is 2.58. The van der Waals surface area contributed by atoms with E-state index in [1.54, 1.807) is 0 Å². The van der Waals surface area contributed by atoms with Gasteiger partial charge in [-0.15, -0.1) is 5.10 Å². The number of thioether (sulfide) groups is 1. The molecule has 1 aromatic heterocycles. The summed E-state index contributed by atoms with van der Waals surface area (Å²) in [7, 11) is 1.89. The zero-order chi connectivity index (χ0) is 10.4. The van der Waals surface area contributed by atoms with Gasteiger partial charge in [-0.1, -0.05) is 6.92 Å². The van der Waals surface area contributed by atoms with Crippen molar-refractivity contribution in [3.8, 4) is 0 Å².